The maximum atomic E-state index is 13.0. The standard InChI is InChI=1S/C15H23FN2O2/c1-3-11(2)18-15(20)7-8-17-10-14(19)12-5-4-6-13(16)9-12/h4-6,9,11,14,17,19H,3,7-8,10H2,1-2H3,(H,18,20). The van der Waals surface area contributed by atoms with Crippen LogP contribution in [0, 0.1) is 5.82 Å². The summed E-state index contributed by atoms with van der Waals surface area (Å²) < 4.78 is 13.0. The molecule has 0 saturated heterocycles. The van der Waals surface area contributed by atoms with Crippen LogP contribution in [0.5, 0.6) is 0 Å². The Bertz CT molecular complexity index is 426. The second-order valence-corrected chi connectivity index (χ2v) is 4.90. The largest absolute Gasteiger partial charge is 0.387 e. The lowest BCUT2D eigenvalue weighted by Crippen LogP contribution is -2.34. The van der Waals surface area contributed by atoms with Gasteiger partial charge in [-0.2, -0.15) is 0 Å². The zero-order valence-corrected chi connectivity index (χ0v) is 12.0. The molecule has 0 aromatic heterocycles. The number of rotatable bonds is 8. The first kappa shape index (κ1) is 16.6. The number of carbonyl (C=O) groups excluding carboxylic acids is 1. The average Bonchev–Trinajstić information content (AvgIpc) is 2.43. The van der Waals surface area contributed by atoms with Crippen LogP contribution in [-0.2, 0) is 4.79 Å². The molecular formula is C15H23FN2O2. The van der Waals surface area contributed by atoms with Crippen LogP contribution in [0.2, 0.25) is 0 Å². The van der Waals surface area contributed by atoms with Crippen molar-refractivity contribution in [2.24, 2.45) is 0 Å². The summed E-state index contributed by atoms with van der Waals surface area (Å²) in [6, 6.07) is 6.06. The van der Waals surface area contributed by atoms with Crippen LogP contribution in [0.1, 0.15) is 38.4 Å². The molecule has 5 heteroatoms. The molecule has 112 valence electrons. The third-order valence-corrected chi connectivity index (χ3v) is 3.12. The van der Waals surface area contributed by atoms with Crippen LogP contribution in [0.25, 0.3) is 0 Å². The first-order valence-electron chi connectivity index (χ1n) is 6.96. The number of benzene rings is 1. The molecule has 0 bridgehead atoms. The smallest absolute Gasteiger partial charge is 0.221 e. The van der Waals surface area contributed by atoms with Crippen molar-refractivity contribution in [3.63, 3.8) is 0 Å². The highest BCUT2D eigenvalue weighted by molar-refractivity contribution is 5.76. The van der Waals surface area contributed by atoms with Gasteiger partial charge in [-0.05, 0) is 31.0 Å². The normalized spacial score (nSPS) is 13.8. The Morgan fingerprint density at radius 3 is 2.85 bits per heavy atom. The molecule has 0 spiro atoms. The number of aliphatic hydroxyl groups excluding tert-OH is 1. The van der Waals surface area contributed by atoms with E-state index in [1.807, 2.05) is 13.8 Å². The van der Waals surface area contributed by atoms with Gasteiger partial charge in [0.05, 0.1) is 6.10 Å². The Hall–Kier alpha value is -1.46. The van der Waals surface area contributed by atoms with Crippen molar-refractivity contribution in [1.82, 2.24) is 10.6 Å². The minimum atomic E-state index is -0.775. The van der Waals surface area contributed by atoms with E-state index in [2.05, 4.69) is 10.6 Å². The molecule has 3 N–H and O–H groups in total. The monoisotopic (exact) mass is 282 g/mol. The van der Waals surface area contributed by atoms with Gasteiger partial charge in [0.25, 0.3) is 0 Å². The summed E-state index contributed by atoms with van der Waals surface area (Å²) >= 11 is 0. The lowest BCUT2D eigenvalue weighted by Gasteiger charge is -2.13. The third kappa shape index (κ3) is 6.12. The first-order valence-corrected chi connectivity index (χ1v) is 6.96. The maximum absolute atomic E-state index is 13.0. The molecule has 1 amide bonds. The van der Waals surface area contributed by atoms with Gasteiger partial charge in [-0.1, -0.05) is 19.1 Å². The van der Waals surface area contributed by atoms with Gasteiger partial charge in [-0.25, -0.2) is 4.39 Å². The van der Waals surface area contributed by atoms with E-state index in [9.17, 15) is 14.3 Å². The lowest BCUT2D eigenvalue weighted by atomic mass is 10.1. The highest BCUT2D eigenvalue weighted by atomic mass is 19.1. The predicted octanol–water partition coefficient (Wildman–Crippen LogP) is 1.75. The predicted molar refractivity (Wildman–Crippen MR) is 76.7 cm³/mol. The van der Waals surface area contributed by atoms with E-state index < -0.39 is 6.10 Å². The van der Waals surface area contributed by atoms with Gasteiger partial charge < -0.3 is 15.7 Å². The summed E-state index contributed by atoms with van der Waals surface area (Å²) in [5.74, 6) is -0.374. The average molecular weight is 282 g/mol. The molecule has 1 aromatic carbocycles. The number of hydrogen-bond acceptors (Lipinski definition) is 3. The van der Waals surface area contributed by atoms with Crippen molar-refractivity contribution < 1.29 is 14.3 Å². The van der Waals surface area contributed by atoms with Crippen molar-refractivity contribution in [2.75, 3.05) is 13.1 Å². The second-order valence-electron chi connectivity index (χ2n) is 4.90. The minimum absolute atomic E-state index is 0.00732. The SMILES string of the molecule is CCC(C)NC(=O)CCNCC(O)c1cccc(F)c1. The van der Waals surface area contributed by atoms with Gasteiger partial charge in [-0.3, -0.25) is 4.79 Å². The van der Waals surface area contributed by atoms with Crippen LogP contribution in [0.4, 0.5) is 4.39 Å². The molecule has 0 aliphatic heterocycles. The lowest BCUT2D eigenvalue weighted by molar-refractivity contribution is -0.121. The fourth-order valence-corrected chi connectivity index (χ4v) is 1.72. The highest BCUT2D eigenvalue weighted by Crippen LogP contribution is 2.12. The van der Waals surface area contributed by atoms with Crippen molar-refractivity contribution >= 4 is 5.91 Å². The number of amides is 1. The van der Waals surface area contributed by atoms with Crippen molar-refractivity contribution in [3.05, 3.63) is 35.6 Å². The number of carbonyl (C=O) groups is 1. The summed E-state index contributed by atoms with van der Waals surface area (Å²) in [5.41, 5.74) is 0.529. The third-order valence-electron chi connectivity index (χ3n) is 3.12. The first-order chi connectivity index (χ1) is 9.52. The molecule has 0 aliphatic carbocycles. The Labute approximate surface area is 119 Å². The molecule has 0 fully saturated rings. The second kappa shape index (κ2) is 8.66. The molecule has 4 nitrogen and oxygen atoms in total. The Kier molecular flexibility index (Phi) is 7.18. The van der Waals surface area contributed by atoms with Crippen molar-refractivity contribution in [1.29, 1.82) is 0 Å². The van der Waals surface area contributed by atoms with Gasteiger partial charge >= 0.3 is 0 Å². The molecular weight excluding hydrogens is 259 g/mol. The van der Waals surface area contributed by atoms with E-state index in [4.69, 9.17) is 0 Å². The van der Waals surface area contributed by atoms with Crippen LogP contribution < -0.4 is 10.6 Å². The van der Waals surface area contributed by atoms with E-state index in [0.29, 0.717) is 25.1 Å². The fraction of sp³-hybridized carbons (Fsp3) is 0.533. The molecule has 2 atom stereocenters. The summed E-state index contributed by atoms with van der Waals surface area (Å²) in [5, 5.41) is 15.7. The molecule has 0 heterocycles. The maximum Gasteiger partial charge on any atom is 0.221 e. The Balaban J connectivity index is 2.22. The highest BCUT2D eigenvalue weighted by Gasteiger charge is 2.09. The van der Waals surface area contributed by atoms with E-state index in [0.717, 1.165) is 6.42 Å². The fourth-order valence-electron chi connectivity index (χ4n) is 1.72. The van der Waals surface area contributed by atoms with Gasteiger partial charge in [-0.15, -0.1) is 0 Å². The Morgan fingerprint density at radius 2 is 2.20 bits per heavy atom. The van der Waals surface area contributed by atoms with E-state index >= 15 is 0 Å². The molecule has 0 aliphatic rings. The van der Waals surface area contributed by atoms with Crippen molar-refractivity contribution in [3.8, 4) is 0 Å². The van der Waals surface area contributed by atoms with Crippen LogP contribution in [-0.4, -0.2) is 30.1 Å². The van der Waals surface area contributed by atoms with Gasteiger partial charge in [0.1, 0.15) is 5.82 Å². The molecule has 1 aromatic rings. The molecule has 20 heavy (non-hydrogen) atoms. The summed E-state index contributed by atoms with van der Waals surface area (Å²) in [6.07, 6.45) is 0.487. The number of hydrogen-bond donors (Lipinski definition) is 3. The molecule has 2 unspecified atom stereocenters. The van der Waals surface area contributed by atoms with Gasteiger partial charge in [0.15, 0.2) is 0 Å². The summed E-state index contributed by atoms with van der Waals surface area (Å²) in [4.78, 5) is 11.5. The summed E-state index contributed by atoms with van der Waals surface area (Å²) in [7, 11) is 0. The number of aliphatic hydroxyl groups is 1. The minimum Gasteiger partial charge on any atom is -0.387 e. The van der Waals surface area contributed by atoms with Crippen LogP contribution >= 0.6 is 0 Å². The van der Waals surface area contributed by atoms with E-state index in [1.165, 1.54) is 12.1 Å². The molecule has 0 radical (unpaired) electrons. The Morgan fingerprint density at radius 1 is 1.45 bits per heavy atom. The van der Waals surface area contributed by atoms with Crippen LogP contribution in [0.15, 0.2) is 24.3 Å². The number of nitrogens with one attached hydrogen (secondary N) is 2. The summed E-state index contributed by atoms with van der Waals surface area (Å²) in [6.45, 7) is 4.74. The topological polar surface area (TPSA) is 61.4 Å². The molecule has 0 saturated carbocycles. The van der Waals surface area contributed by atoms with Crippen LogP contribution in [0.3, 0.4) is 0 Å². The zero-order valence-electron chi connectivity index (χ0n) is 12.0. The molecule has 1 rings (SSSR count). The van der Waals surface area contributed by atoms with Gasteiger partial charge in [0.2, 0.25) is 5.91 Å². The van der Waals surface area contributed by atoms with Gasteiger partial charge in [0, 0.05) is 25.6 Å². The number of halogens is 1. The quantitative estimate of drug-likeness (QED) is 0.637. The zero-order chi connectivity index (χ0) is 15.0. The van der Waals surface area contributed by atoms with E-state index in [-0.39, 0.29) is 17.8 Å². The van der Waals surface area contributed by atoms with E-state index in [1.54, 1.807) is 12.1 Å². The van der Waals surface area contributed by atoms with Crippen molar-refractivity contribution in [2.45, 2.75) is 38.8 Å².